The van der Waals surface area contributed by atoms with Gasteiger partial charge in [0.05, 0.1) is 6.54 Å². The smallest absolute Gasteiger partial charge is 0.238 e. The molecule has 1 saturated heterocycles. The van der Waals surface area contributed by atoms with Gasteiger partial charge in [-0.2, -0.15) is 0 Å². The van der Waals surface area contributed by atoms with Crippen LogP contribution in [0, 0.1) is 0 Å². The molecule has 1 aliphatic heterocycles. The molecule has 21 heavy (non-hydrogen) atoms. The third kappa shape index (κ3) is 4.29. The topological polar surface area (TPSA) is 58.4 Å². The highest BCUT2D eigenvalue weighted by Crippen LogP contribution is 2.22. The van der Waals surface area contributed by atoms with Crippen LogP contribution in [0.4, 0.5) is 5.69 Å². The van der Waals surface area contributed by atoms with Gasteiger partial charge in [-0.1, -0.05) is 32.0 Å². The van der Waals surface area contributed by atoms with Crippen molar-refractivity contribution in [3.05, 3.63) is 29.3 Å². The number of nitrogens with one attached hydrogen (secondary N) is 1. The number of nitrogens with two attached hydrogens (primary N) is 1. The van der Waals surface area contributed by atoms with Gasteiger partial charge >= 0.3 is 0 Å². The van der Waals surface area contributed by atoms with E-state index in [1.807, 2.05) is 0 Å². The van der Waals surface area contributed by atoms with E-state index in [0.717, 1.165) is 44.5 Å². The minimum absolute atomic E-state index is 0.0843. The fourth-order valence-corrected chi connectivity index (χ4v) is 2.90. The van der Waals surface area contributed by atoms with Crippen molar-refractivity contribution >= 4 is 11.6 Å². The van der Waals surface area contributed by atoms with Crippen molar-refractivity contribution in [1.82, 2.24) is 4.90 Å². The number of hydrogen-bond acceptors (Lipinski definition) is 3. The lowest BCUT2D eigenvalue weighted by atomic mass is 10.0. The Kier molecular flexibility index (Phi) is 5.76. The number of rotatable bonds is 5. The monoisotopic (exact) mass is 289 g/mol. The van der Waals surface area contributed by atoms with E-state index in [0.29, 0.717) is 12.6 Å². The van der Waals surface area contributed by atoms with Crippen molar-refractivity contribution in [2.45, 2.75) is 45.6 Å². The molecule has 0 aromatic heterocycles. The van der Waals surface area contributed by atoms with Gasteiger partial charge in [0.1, 0.15) is 0 Å². The lowest BCUT2D eigenvalue weighted by molar-refractivity contribution is -0.117. The number of carbonyl (C=O) groups excluding carboxylic acids is 1. The summed E-state index contributed by atoms with van der Waals surface area (Å²) in [6, 6.07) is 6.56. The molecule has 116 valence electrons. The summed E-state index contributed by atoms with van der Waals surface area (Å²) in [5.41, 5.74) is 9.34. The van der Waals surface area contributed by atoms with Crippen LogP contribution in [0.3, 0.4) is 0 Å². The van der Waals surface area contributed by atoms with Crippen LogP contribution in [-0.4, -0.2) is 36.5 Å². The van der Waals surface area contributed by atoms with Gasteiger partial charge in [0.15, 0.2) is 0 Å². The molecule has 1 aromatic carbocycles. The van der Waals surface area contributed by atoms with Crippen molar-refractivity contribution in [2.75, 3.05) is 25.0 Å². The Labute approximate surface area is 127 Å². The molecule has 4 nitrogen and oxygen atoms in total. The summed E-state index contributed by atoms with van der Waals surface area (Å²) in [7, 11) is 0. The van der Waals surface area contributed by atoms with Crippen LogP contribution in [0.25, 0.3) is 0 Å². The first-order valence-corrected chi connectivity index (χ1v) is 8.02. The maximum absolute atomic E-state index is 12.3. The lowest BCUT2D eigenvalue weighted by Gasteiger charge is -2.29. The van der Waals surface area contributed by atoms with Gasteiger partial charge < -0.3 is 11.1 Å². The predicted molar refractivity (Wildman–Crippen MR) is 87.5 cm³/mol. The molecule has 1 aliphatic rings. The number of likely N-dealkylation sites (tertiary alicyclic amines) is 1. The normalized spacial score (nSPS) is 16.9. The molecular formula is C17H27N3O. The second kappa shape index (κ2) is 7.57. The Hall–Kier alpha value is -1.39. The molecule has 3 N–H and O–H groups in total. The van der Waals surface area contributed by atoms with E-state index in [-0.39, 0.29) is 5.91 Å². The zero-order chi connectivity index (χ0) is 15.2. The standard InChI is InChI=1S/C17H27N3O/c1-3-13-6-5-7-14(4-2)17(13)19-16(21)12-20-10-8-15(18)9-11-20/h5-7,15H,3-4,8-12,18H2,1-2H3,(H,19,21). The number of carbonyl (C=O) groups is 1. The maximum atomic E-state index is 12.3. The lowest BCUT2D eigenvalue weighted by Crippen LogP contribution is -2.43. The Morgan fingerprint density at radius 3 is 2.33 bits per heavy atom. The number of piperidine rings is 1. The second-order valence-electron chi connectivity index (χ2n) is 5.82. The van der Waals surface area contributed by atoms with E-state index in [1.54, 1.807) is 0 Å². The molecule has 0 radical (unpaired) electrons. The van der Waals surface area contributed by atoms with Crippen LogP contribution >= 0.6 is 0 Å². The van der Waals surface area contributed by atoms with E-state index >= 15 is 0 Å². The Morgan fingerprint density at radius 2 is 1.81 bits per heavy atom. The van der Waals surface area contributed by atoms with Crippen molar-refractivity contribution in [3.63, 3.8) is 0 Å². The van der Waals surface area contributed by atoms with Gasteiger partial charge in [-0.05, 0) is 36.8 Å². The largest absolute Gasteiger partial charge is 0.328 e. The van der Waals surface area contributed by atoms with Crippen LogP contribution in [0.5, 0.6) is 0 Å². The number of para-hydroxylation sites is 1. The van der Waals surface area contributed by atoms with Crippen molar-refractivity contribution < 1.29 is 4.79 Å². The molecule has 0 aliphatic carbocycles. The molecule has 0 unspecified atom stereocenters. The number of nitrogens with zero attached hydrogens (tertiary/aromatic N) is 1. The van der Waals surface area contributed by atoms with Crippen LogP contribution in [0.2, 0.25) is 0 Å². The van der Waals surface area contributed by atoms with Gasteiger partial charge in [-0.15, -0.1) is 0 Å². The number of aryl methyl sites for hydroxylation is 2. The molecule has 0 bridgehead atoms. The molecule has 4 heteroatoms. The highest BCUT2D eigenvalue weighted by molar-refractivity contribution is 5.93. The average molecular weight is 289 g/mol. The third-order valence-corrected chi connectivity index (χ3v) is 4.26. The maximum Gasteiger partial charge on any atom is 0.238 e. The summed E-state index contributed by atoms with van der Waals surface area (Å²) < 4.78 is 0. The molecule has 0 atom stereocenters. The zero-order valence-electron chi connectivity index (χ0n) is 13.2. The van der Waals surface area contributed by atoms with Gasteiger partial charge in [0.25, 0.3) is 0 Å². The van der Waals surface area contributed by atoms with E-state index in [4.69, 9.17) is 5.73 Å². The molecule has 1 aromatic rings. The van der Waals surface area contributed by atoms with E-state index in [2.05, 4.69) is 42.3 Å². The van der Waals surface area contributed by atoms with Gasteiger partial charge in [-0.3, -0.25) is 9.69 Å². The predicted octanol–water partition coefficient (Wildman–Crippen LogP) is 2.17. The molecule has 2 rings (SSSR count). The second-order valence-corrected chi connectivity index (χ2v) is 5.82. The molecule has 0 saturated carbocycles. The first-order valence-electron chi connectivity index (χ1n) is 8.02. The van der Waals surface area contributed by atoms with Crippen LogP contribution in [0.15, 0.2) is 18.2 Å². The van der Waals surface area contributed by atoms with Crippen molar-refractivity contribution in [2.24, 2.45) is 5.73 Å². The molecular weight excluding hydrogens is 262 g/mol. The average Bonchev–Trinajstić information content (AvgIpc) is 2.49. The molecule has 0 spiro atoms. The quantitative estimate of drug-likeness (QED) is 0.873. The zero-order valence-corrected chi connectivity index (χ0v) is 13.2. The third-order valence-electron chi connectivity index (χ3n) is 4.26. The number of benzene rings is 1. The highest BCUT2D eigenvalue weighted by Gasteiger charge is 2.19. The van der Waals surface area contributed by atoms with Gasteiger partial charge in [-0.25, -0.2) is 0 Å². The first kappa shape index (κ1) is 16.0. The highest BCUT2D eigenvalue weighted by atomic mass is 16.2. The molecule has 1 fully saturated rings. The Balaban J connectivity index is 1.99. The summed E-state index contributed by atoms with van der Waals surface area (Å²) in [6.07, 6.45) is 3.84. The van der Waals surface area contributed by atoms with Crippen molar-refractivity contribution in [3.8, 4) is 0 Å². The van der Waals surface area contributed by atoms with Crippen LogP contribution < -0.4 is 11.1 Å². The van der Waals surface area contributed by atoms with E-state index in [1.165, 1.54) is 11.1 Å². The van der Waals surface area contributed by atoms with E-state index in [9.17, 15) is 4.79 Å². The fourth-order valence-electron chi connectivity index (χ4n) is 2.90. The van der Waals surface area contributed by atoms with Crippen LogP contribution in [0.1, 0.15) is 37.8 Å². The van der Waals surface area contributed by atoms with Crippen molar-refractivity contribution in [1.29, 1.82) is 0 Å². The van der Waals surface area contributed by atoms with E-state index < -0.39 is 0 Å². The summed E-state index contributed by atoms with van der Waals surface area (Å²) in [4.78, 5) is 14.5. The molecule has 1 heterocycles. The fraction of sp³-hybridized carbons (Fsp3) is 0.588. The Morgan fingerprint density at radius 1 is 1.24 bits per heavy atom. The number of hydrogen-bond donors (Lipinski definition) is 2. The summed E-state index contributed by atoms with van der Waals surface area (Å²) in [5.74, 6) is 0.0843. The van der Waals surface area contributed by atoms with Crippen LogP contribution in [-0.2, 0) is 17.6 Å². The first-order chi connectivity index (χ1) is 10.1. The van der Waals surface area contributed by atoms with Gasteiger partial charge in [0.2, 0.25) is 5.91 Å². The minimum atomic E-state index is 0.0843. The summed E-state index contributed by atoms with van der Waals surface area (Å²) >= 11 is 0. The Bertz CT molecular complexity index is 457. The number of anilines is 1. The summed E-state index contributed by atoms with van der Waals surface area (Å²) in [5, 5.41) is 3.13. The molecule has 1 amide bonds. The number of amides is 1. The van der Waals surface area contributed by atoms with Gasteiger partial charge in [0, 0.05) is 24.8 Å². The minimum Gasteiger partial charge on any atom is -0.328 e. The summed E-state index contributed by atoms with van der Waals surface area (Å²) in [6.45, 7) is 6.55. The SMILES string of the molecule is CCc1cccc(CC)c1NC(=O)CN1CCC(N)CC1.